The van der Waals surface area contributed by atoms with E-state index in [-0.39, 0.29) is 11.9 Å². The number of aromatic nitrogens is 3. The van der Waals surface area contributed by atoms with Gasteiger partial charge in [0, 0.05) is 51.3 Å². The van der Waals surface area contributed by atoms with Crippen molar-refractivity contribution in [1.82, 2.24) is 24.6 Å². The zero-order valence-electron chi connectivity index (χ0n) is 14.0. The number of carbonyl (C=O) groups is 1. The van der Waals surface area contributed by atoms with Gasteiger partial charge in [0.2, 0.25) is 5.91 Å². The van der Waals surface area contributed by atoms with E-state index in [1.807, 2.05) is 31.0 Å². The number of rotatable bonds is 4. The number of carbonyl (C=O) groups excluding carboxylic acids is 1. The minimum atomic E-state index is -0.332. The van der Waals surface area contributed by atoms with Crippen molar-refractivity contribution in [2.75, 3.05) is 26.2 Å². The quantitative estimate of drug-likeness (QED) is 0.850. The van der Waals surface area contributed by atoms with Crippen molar-refractivity contribution in [3.63, 3.8) is 0 Å². The second-order valence-electron chi connectivity index (χ2n) is 6.18. The Balaban J connectivity index is 1.55. The van der Waals surface area contributed by atoms with E-state index in [1.54, 1.807) is 17.1 Å². The number of hydrogen-bond acceptors (Lipinski definition) is 4. The fourth-order valence-corrected chi connectivity index (χ4v) is 3.05. The monoisotopic (exact) mass is 347 g/mol. The van der Waals surface area contributed by atoms with E-state index in [0.29, 0.717) is 5.02 Å². The van der Waals surface area contributed by atoms with E-state index in [9.17, 15) is 4.79 Å². The molecule has 0 radical (unpaired) electrons. The molecular formula is C17H22ClN5O. The highest BCUT2D eigenvalue weighted by atomic mass is 35.5. The second-order valence-corrected chi connectivity index (χ2v) is 6.59. The molecule has 1 unspecified atom stereocenters. The van der Waals surface area contributed by atoms with Gasteiger partial charge >= 0.3 is 0 Å². The Morgan fingerprint density at radius 1 is 1.33 bits per heavy atom. The van der Waals surface area contributed by atoms with E-state index in [0.717, 1.165) is 38.4 Å². The zero-order valence-corrected chi connectivity index (χ0v) is 14.8. The van der Waals surface area contributed by atoms with Crippen LogP contribution in [0.5, 0.6) is 0 Å². The van der Waals surface area contributed by atoms with Crippen LogP contribution in [-0.4, -0.2) is 56.7 Å². The maximum absolute atomic E-state index is 12.7. The van der Waals surface area contributed by atoms with Gasteiger partial charge in [0.05, 0.1) is 10.7 Å². The van der Waals surface area contributed by atoms with Crippen molar-refractivity contribution < 1.29 is 4.79 Å². The molecule has 0 N–H and O–H groups in total. The molecule has 1 fully saturated rings. The van der Waals surface area contributed by atoms with Crippen LogP contribution >= 0.6 is 11.6 Å². The molecule has 0 aliphatic carbocycles. The molecule has 1 aliphatic heterocycles. The van der Waals surface area contributed by atoms with Crippen molar-refractivity contribution in [2.24, 2.45) is 0 Å². The van der Waals surface area contributed by atoms with Crippen LogP contribution < -0.4 is 0 Å². The van der Waals surface area contributed by atoms with Gasteiger partial charge in [0.15, 0.2) is 0 Å². The van der Waals surface area contributed by atoms with Crippen molar-refractivity contribution in [3.05, 3.63) is 47.0 Å². The Kier molecular flexibility index (Phi) is 5.16. The van der Waals surface area contributed by atoms with Gasteiger partial charge in [-0.2, -0.15) is 5.10 Å². The van der Waals surface area contributed by atoms with Gasteiger partial charge in [-0.3, -0.25) is 19.4 Å². The van der Waals surface area contributed by atoms with Crippen molar-refractivity contribution >= 4 is 17.5 Å². The molecule has 3 rings (SSSR count). The summed E-state index contributed by atoms with van der Waals surface area (Å²) < 4.78 is 1.65. The summed E-state index contributed by atoms with van der Waals surface area (Å²) in [6.07, 6.45) is 5.40. The Morgan fingerprint density at radius 3 is 2.67 bits per heavy atom. The second kappa shape index (κ2) is 7.32. The van der Waals surface area contributed by atoms with Crippen molar-refractivity contribution in [3.8, 4) is 0 Å². The predicted octanol–water partition coefficient (Wildman–Crippen LogP) is 2.15. The first-order valence-electron chi connectivity index (χ1n) is 8.16. The van der Waals surface area contributed by atoms with Gasteiger partial charge in [-0.25, -0.2) is 0 Å². The average molecular weight is 348 g/mol. The third-order valence-electron chi connectivity index (χ3n) is 4.42. The molecule has 128 valence electrons. The smallest absolute Gasteiger partial charge is 0.247 e. The van der Waals surface area contributed by atoms with Gasteiger partial charge in [-0.05, 0) is 25.5 Å². The molecule has 1 atom stereocenters. The largest absolute Gasteiger partial charge is 0.338 e. The lowest BCUT2D eigenvalue weighted by atomic mass is 10.2. The first-order chi connectivity index (χ1) is 11.5. The first-order valence-corrected chi connectivity index (χ1v) is 8.53. The van der Waals surface area contributed by atoms with Crippen LogP contribution in [0.2, 0.25) is 5.02 Å². The summed E-state index contributed by atoms with van der Waals surface area (Å²) in [6, 6.07) is 3.70. The van der Waals surface area contributed by atoms with Gasteiger partial charge in [-0.1, -0.05) is 17.7 Å². The summed E-state index contributed by atoms with van der Waals surface area (Å²) >= 11 is 6.04. The molecule has 0 bridgehead atoms. The SMILES string of the molecule is Cc1nn(C(C)C(=O)N2CCN(Cc3cccnc3)CC2)cc1Cl. The number of piperazine rings is 1. The maximum atomic E-state index is 12.7. The molecule has 24 heavy (non-hydrogen) atoms. The Bertz CT molecular complexity index is 675. The van der Waals surface area contributed by atoms with E-state index < -0.39 is 0 Å². The lowest BCUT2D eigenvalue weighted by molar-refractivity contribution is -0.136. The van der Waals surface area contributed by atoms with E-state index in [1.165, 1.54) is 5.56 Å². The number of hydrogen-bond donors (Lipinski definition) is 0. The molecule has 7 heteroatoms. The average Bonchev–Trinajstić information content (AvgIpc) is 2.94. The molecule has 2 aromatic rings. The predicted molar refractivity (Wildman–Crippen MR) is 92.8 cm³/mol. The number of amides is 1. The summed E-state index contributed by atoms with van der Waals surface area (Å²) in [5.74, 6) is 0.0928. The van der Waals surface area contributed by atoms with E-state index in [4.69, 9.17) is 11.6 Å². The number of aryl methyl sites for hydroxylation is 1. The number of halogens is 1. The minimum absolute atomic E-state index is 0.0928. The normalized spacial score (nSPS) is 17.0. The Labute approximate surface area is 147 Å². The first kappa shape index (κ1) is 16.9. The Hall–Kier alpha value is -1.92. The fraction of sp³-hybridized carbons (Fsp3) is 0.471. The molecule has 0 saturated carbocycles. The molecule has 2 aromatic heterocycles. The number of nitrogens with zero attached hydrogens (tertiary/aromatic N) is 5. The van der Waals surface area contributed by atoms with Crippen molar-refractivity contribution in [2.45, 2.75) is 26.4 Å². The van der Waals surface area contributed by atoms with Crippen LogP contribution in [0.3, 0.4) is 0 Å². The molecule has 1 aliphatic rings. The maximum Gasteiger partial charge on any atom is 0.247 e. The van der Waals surface area contributed by atoms with Crippen LogP contribution in [0.15, 0.2) is 30.7 Å². The van der Waals surface area contributed by atoms with Crippen LogP contribution in [0.1, 0.15) is 24.2 Å². The summed E-state index contributed by atoms with van der Waals surface area (Å²) in [4.78, 5) is 21.1. The van der Waals surface area contributed by atoms with Gasteiger partial charge in [0.1, 0.15) is 6.04 Å². The number of pyridine rings is 1. The Morgan fingerprint density at radius 2 is 2.08 bits per heavy atom. The standard InChI is InChI=1S/C17H22ClN5O/c1-13-16(18)12-23(20-13)14(2)17(24)22-8-6-21(7-9-22)11-15-4-3-5-19-10-15/h3-5,10,12,14H,6-9,11H2,1-2H3. The summed E-state index contributed by atoms with van der Waals surface area (Å²) in [5, 5.41) is 4.91. The highest BCUT2D eigenvalue weighted by molar-refractivity contribution is 6.31. The topological polar surface area (TPSA) is 54.3 Å². The molecule has 1 amide bonds. The van der Waals surface area contributed by atoms with Crippen LogP contribution in [-0.2, 0) is 11.3 Å². The van der Waals surface area contributed by atoms with Crippen LogP contribution in [0.4, 0.5) is 0 Å². The van der Waals surface area contributed by atoms with Crippen LogP contribution in [0.25, 0.3) is 0 Å². The lowest BCUT2D eigenvalue weighted by Gasteiger charge is -2.35. The van der Waals surface area contributed by atoms with Crippen molar-refractivity contribution in [1.29, 1.82) is 0 Å². The highest BCUT2D eigenvalue weighted by Gasteiger charge is 2.26. The molecule has 6 nitrogen and oxygen atoms in total. The lowest BCUT2D eigenvalue weighted by Crippen LogP contribution is -2.49. The minimum Gasteiger partial charge on any atom is -0.338 e. The molecule has 0 aromatic carbocycles. The third kappa shape index (κ3) is 3.76. The molecule has 1 saturated heterocycles. The van der Waals surface area contributed by atoms with E-state index >= 15 is 0 Å². The van der Waals surface area contributed by atoms with E-state index in [2.05, 4.69) is 21.0 Å². The molecule has 3 heterocycles. The van der Waals surface area contributed by atoms with Gasteiger partial charge < -0.3 is 4.90 Å². The van der Waals surface area contributed by atoms with Gasteiger partial charge in [-0.15, -0.1) is 0 Å². The summed E-state index contributed by atoms with van der Waals surface area (Å²) in [7, 11) is 0. The zero-order chi connectivity index (χ0) is 17.1. The van der Waals surface area contributed by atoms with Gasteiger partial charge in [0.25, 0.3) is 0 Å². The molecule has 0 spiro atoms. The highest BCUT2D eigenvalue weighted by Crippen LogP contribution is 2.18. The fourth-order valence-electron chi connectivity index (χ4n) is 2.91. The summed E-state index contributed by atoms with van der Waals surface area (Å²) in [5.41, 5.74) is 1.95. The molecular weight excluding hydrogens is 326 g/mol. The third-order valence-corrected chi connectivity index (χ3v) is 4.79. The van der Waals surface area contributed by atoms with Crippen LogP contribution in [0, 0.1) is 6.92 Å². The summed E-state index contributed by atoms with van der Waals surface area (Å²) in [6.45, 7) is 7.78.